The van der Waals surface area contributed by atoms with Crippen LogP contribution in [0, 0.1) is 6.92 Å². The highest BCUT2D eigenvalue weighted by molar-refractivity contribution is 7.89. The molecule has 0 unspecified atom stereocenters. The summed E-state index contributed by atoms with van der Waals surface area (Å²) in [5.74, 6) is -0.468. The Balaban J connectivity index is 2.10. The second kappa shape index (κ2) is 7.39. The first-order valence-electron chi connectivity index (χ1n) is 7.25. The van der Waals surface area contributed by atoms with Gasteiger partial charge in [0.15, 0.2) is 0 Å². The number of carbonyl (C=O) groups excluding carboxylic acids is 1. The third kappa shape index (κ3) is 4.40. The zero-order chi connectivity index (χ0) is 16.9. The molecule has 0 amide bonds. The number of sulfonamides is 1. The molecule has 0 radical (unpaired) electrons. The van der Waals surface area contributed by atoms with Gasteiger partial charge in [0, 0.05) is 6.54 Å². The van der Waals surface area contributed by atoms with Crippen LogP contribution in [0.25, 0.3) is 0 Å². The van der Waals surface area contributed by atoms with Gasteiger partial charge < -0.3 is 4.74 Å². The average Bonchev–Trinajstić information content (AvgIpc) is 2.54. The number of aryl methyl sites for hydroxylation is 1. The minimum Gasteiger partial charge on any atom is -0.462 e. The topological polar surface area (TPSA) is 72.5 Å². The van der Waals surface area contributed by atoms with Crippen molar-refractivity contribution in [1.82, 2.24) is 4.72 Å². The van der Waals surface area contributed by atoms with Crippen LogP contribution in [0.5, 0.6) is 0 Å². The van der Waals surface area contributed by atoms with E-state index >= 15 is 0 Å². The van der Waals surface area contributed by atoms with Crippen LogP contribution in [0.1, 0.15) is 28.4 Å². The van der Waals surface area contributed by atoms with Crippen LogP contribution >= 0.6 is 0 Å². The SMILES string of the molecule is CCOC(=O)c1ccc(S(=O)(=O)NCc2ccccc2C)cc1. The van der Waals surface area contributed by atoms with Crippen molar-refractivity contribution in [3.8, 4) is 0 Å². The lowest BCUT2D eigenvalue weighted by atomic mass is 10.1. The van der Waals surface area contributed by atoms with Crippen molar-refractivity contribution in [1.29, 1.82) is 0 Å². The third-order valence-corrected chi connectivity index (χ3v) is 4.81. The van der Waals surface area contributed by atoms with Crippen molar-refractivity contribution in [2.24, 2.45) is 0 Å². The molecular weight excluding hydrogens is 314 g/mol. The molecule has 2 rings (SSSR count). The van der Waals surface area contributed by atoms with Gasteiger partial charge in [0.25, 0.3) is 0 Å². The summed E-state index contributed by atoms with van der Waals surface area (Å²) in [5, 5.41) is 0. The molecule has 0 heterocycles. The molecule has 6 heteroatoms. The summed E-state index contributed by atoms with van der Waals surface area (Å²) in [6, 6.07) is 13.3. The highest BCUT2D eigenvalue weighted by Crippen LogP contribution is 2.13. The summed E-state index contributed by atoms with van der Waals surface area (Å²) in [6.07, 6.45) is 0. The van der Waals surface area contributed by atoms with Crippen molar-refractivity contribution in [3.05, 3.63) is 65.2 Å². The van der Waals surface area contributed by atoms with E-state index in [9.17, 15) is 13.2 Å². The number of rotatable bonds is 6. The van der Waals surface area contributed by atoms with Gasteiger partial charge in [-0.25, -0.2) is 17.9 Å². The Hall–Kier alpha value is -2.18. The van der Waals surface area contributed by atoms with Crippen LogP contribution in [-0.4, -0.2) is 21.0 Å². The lowest BCUT2D eigenvalue weighted by Gasteiger charge is -2.09. The molecule has 2 aromatic rings. The summed E-state index contributed by atoms with van der Waals surface area (Å²) in [4.78, 5) is 11.7. The molecule has 0 fully saturated rings. The Kier molecular flexibility index (Phi) is 5.52. The molecule has 0 aromatic heterocycles. The number of hydrogen-bond donors (Lipinski definition) is 1. The number of nitrogens with one attached hydrogen (secondary N) is 1. The first-order chi connectivity index (χ1) is 10.9. The Morgan fingerprint density at radius 1 is 1.09 bits per heavy atom. The molecule has 1 N–H and O–H groups in total. The van der Waals surface area contributed by atoms with Crippen LogP contribution in [0.4, 0.5) is 0 Å². The lowest BCUT2D eigenvalue weighted by molar-refractivity contribution is 0.0526. The van der Waals surface area contributed by atoms with Crippen LogP contribution in [0.3, 0.4) is 0 Å². The number of benzene rings is 2. The summed E-state index contributed by atoms with van der Waals surface area (Å²) >= 11 is 0. The molecule has 0 spiro atoms. The summed E-state index contributed by atoms with van der Waals surface area (Å²) in [5.41, 5.74) is 2.26. The van der Waals surface area contributed by atoms with Crippen molar-refractivity contribution in [2.75, 3.05) is 6.61 Å². The van der Waals surface area contributed by atoms with Crippen LogP contribution in [-0.2, 0) is 21.3 Å². The van der Waals surface area contributed by atoms with E-state index in [1.165, 1.54) is 24.3 Å². The van der Waals surface area contributed by atoms with E-state index in [2.05, 4.69) is 4.72 Å². The first-order valence-corrected chi connectivity index (χ1v) is 8.73. The monoisotopic (exact) mass is 333 g/mol. The van der Waals surface area contributed by atoms with Gasteiger partial charge in [-0.2, -0.15) is 0 Å². The van der Waals surface area contributed by atoms with E-state index in [1.807, 2.05) is 31.2 Å². The molecule has 23 heavy (non-hydrogen) atoms. The molecule has 122 valence electrons. The van der Waals surface area contributed by atoms with Crippen molar-refractivity contribution >= 4 is 16.0 Å². The highest BCUT2D eigenvalue weighted by atomic mass is 32.2. The summed E-state index contributed by atoms with van der Waals surface area (Å²) in [6.45, 7) is 4.13. The van der Waals surface area contributed by atoms with Crippen LogP contribution in [0.2, 0.25) is 0 Å². The molecule has 0 saturated heterocycles. The first kappa shape index (κ1) is 17.2. The summed E-state index contributed by atoms with van der Waals surface area (Å²) < 4.78 is 32.0. The number of carbonyl (C=O) groups is 1. The predicted molar refractivity (Wildman–Crippen MR) is 87.6 cm³/mol. The van der Waals surface area contributed by atoms with Crippen molar-refractivity contribution < 1.29 is 17.9 Å². The van der Waals surface area contributed by atoms with E-state index in [4.69, 9.17) is 4.74 Å². The fourth-order valence-corrected chi connectivity index (χ4v) is 3.06. The Morgan fingerprint density at radius 2 is 1.74 bits per heavy atom. The normalized spacial score (nSPS) is 11.2. The molecule has 0 saturated carbocycles. The Labute approximate surface area is 136 Å². The molecule has 0 aliphatic rings. The maximum atomic E-state index is 12.3. The lowest BCUT2D eigenvalue weighted by Crippen LogP contribution is -2.23. The van der Waals surface area contributed by atoms with E-state index in [-0.39, 0.29) is 18.0 Å². The summed E-state index contributed by atoms with van der Waals surface area (Å²) in [7, 11) is -3.63. The second-order valence-electron chi connectivity index (χ2n) is 5.00. The van der Waals surface area contributed by atoms with Crippen molar-refractivity contribution in [2.45, 2.75) is 25.3 Å². The standard InChI is InChI=1S/C17H19NO4S/c1-3-22-17(19)14-8-10-16(11-9-14)23(20,21)18-12-15-7-5-4-6-13(15)2/h4-11,18H,3,12H2,1-2H3. The van der Waals surface area contributed by atoms with E-state index in [0.717, 1.165) is 11.1 Å². The van der Waals surface area contributed by atoms with Gasteiger partial charge in [-0.1, -0.05) is 24.3 Å². The van der Waals surface area contributed by atoms with Gasteiger partial charge in [-0.3, -0.25) is 0 Å². The van der Waals surface area contributed by atoms with Gasteiger partial charge in [0.2, 0.25) is 10.0 Å². The Morgan fingerprint density at radius 3 is 2.35 bits per heavy atom. The predicted octanol–water partition coefficient (Wildman–Crippen LogP) is 2.65. The zero-order valence-corrected chi connectivity index (χ0v) is 13.9. The van der Waals surface area contributed by atoms with E-state index in [0.29, 0.717) is 5.56 Å². The van der Waals surface area contributed by atoms with E-state index < -0.39 is 16.0 Å². The maximum Gasteiger partial charge on any atom is 0.338 e. The molecule has 2 aromatic carbocycles. The number of hydrogen-bond acceptors (Lipinski definition) is 4. The van der Waals surface area contributed by atoms with Gasteiger partial charge >= 0.3 is 5.97 Å². The zero-order valence-electron chi connectivity index (χ0n) is 13.1. The second-order valence-corrected chi connectivity index (χ2v) is 6.76. The highest BCUT2D eigenvalue weighted by Gasteiger charge is 2.15. The fourth-order valence-electron chi connectivity index (χ4n) is 2.05. The van der Waals surface area contributed by atoms with Gasteiger partial charge in [-0.15, -0.1) is 0 Å². The average molecular weight is 333 g/mol. The van der Waals surface area contributed by atoms with Gasteiger partial charge in [0.1, 0.15) is 0 Å². The largest absolute Gasteiger partial charge is 0.462 e. The number of esters is 1. The molecule has 0 atom stereocenters. The smallest absolute Gasteiger partial charge is 0.338 e. The molecule has 5 nitrogen and oxygen atoms in total. The maximum absolute atomic E-state index is 12.3. The third-order valence-electron chi connectivity index (χ3n) is 3.39. The Bertz CT molecular complexity index is 782. The number of ether oxygens (including phenoxy) is 1. The molecule has 0 aliphatic heterocycles. The molecule has 0 bridgehead atoms. The van der Waals surface area contributed by atoms with Crippen molar-refractivity contribution in [3.63, 3.8) is 0 Å². The molecule has 0 aliphatic carbocycles. The minimum absolute atomic E-state index is 0.110. The quantitative estimate of drug-likeness (QED) is 0.825. The van der Waals surface area contributed by atoms with Crippen LogP contribution in [0.15, 0.2) is 53.4 Å². The van der Waals surface area contributed by atoms with E-state index in [1.54, 1.807) is 6.92 Å². The minimum atomic E-state index is -3.63. The van der Waals surface area contributed by atoms with Gasteiger partial charge in [-0.05, 0) is 49.2 Å². The fraction of sp³-hybridized carbons (Fsp3) is 0.235. The molecular formula is C17H19NO4S. The van der Waals surface area contributed by atoms with Gasteiger partial charge in [0.05, 0.1) is 17.1 Å². The van der Waals surface area contributed by atoms with Crippen LogP contribution < -0.4 is 4.72 Å².